The molecule has 0 amide bonds. The third-order valence-electron chi connectivity index (χ3n) is 2.39. The minimum atomic E-state index is -0.111. The van der Waals surface area contributed by atoms with Gasteiger partial charge in [0.2, 0.25) is 0 Å². The number of hydrogen-bond acceptors (Lipinski definition) is 4. The monoisotopic (exact) mass is 228 g/mol. The number of pyridine rings is 2. The lowest BCUT2D eigenvalue weighted by atomic mass is 10.0. The topological polar surface area (TPSA) is 52.1 Å². The van der Waals surface area contributed by atoms with Crippen molar-refractivity contribution < 1.29 is 9.53 Å². The van der Waals surface area contributed by atoms with Gasteiger partial charge in [-0.05, 0) is 24.6 Å². The molecule has 0 fully saturated rings. The Bertz CT molecular complexity index is 553. The standard InChI is InChI=1S/C13H12N2O2/c1-9-5-10(7-15-6-9)13(16)11-3-4-14-8-12(11)17-2/h3-8H,1-2H3. The van der Waals surface area contributed by atoms with Gasteiger partial charge < -0.3 is 4.74 Å². The first-order valence-corrected chi connectivity index (χ1v) is 5.16. The van der Waals surface area contributed by atoms with Gasteiger partial charge in [0.05, 0.1) is 18.9 Å². The normalized spacial score (nSPS) is 10.0. The van der Waals surface area contributed by atoms with Gasteiger partial charge in [-0.3, -0.25) is 14.8 Å². The van der Waals surface area contributed by atoms with Crippen molar-refractivity contribution in [3.8, 4) is 5.75 Å². The van der Waals surface area contributed by atoms with Gasteiger partial charge in [-0.25, -0.2) is 0 Å². The molecule has 2 aromatic rings. The van der Waals surface area contributed by atoms with Crippen molar-refractivity contribution in [3.63, 3.8) is 0 Å². The van der Waals surface area contributed by atoms with Crippen LogP contribution in [0.1, 0.15) is 21.5 Å². The van der Waals surface area contributed by atoms with E-state index in [1.165, 1.54) is 13.3 Å². The minimum absolute atomic E-state index is 0.111. The average Bonchev–Trinajstić information content (AvgIpc) is 2.38. The number of hydrogen-bond donors (Lipinski definition) is 0. The van der Waals surface area contributed by atoms with Crippen LogP contribution in [-0.2, 0) is 0 Å². The van der Waals surface area contributed by atoms with E-state index >= 15 is 0 Å². The molecule has 0 saturated heterocycles. The largest absolute Gasteiger partial charge is 0.494 e. The molecule has 0 aromatic carbocycles. The van der Waals surface area contributed by atoms with Crippen LogP contribution in [-0.4, -0.2) is 22.9 Å². The third-order valence-corrected chi connectivity index (χ3v) is 2.39. The molecule has 4 heteroatoms. The summed E-state index contributed by atoms with van der Waals surface area (Å²) in [5, 5.41) is 0. The van der Waals surface area contributed by atoms with Crippen LogP contribution in [0.3, 0.4) is 0 Å². The molecule has 0 radical (unpaired) electrons. The Morgan fingerprint density at radius 1 is 1.24 bits per heavy atom. The van der Waals surface area contributed by atoms with Crippen LogP contribution in [0.4, 0.5) is 0 Å². The molecule has 2 aromatic heterocycles. The van der Waals surface area contributed by atoms with E-state index in [0.29, 0.717) is 16.9 Å². The second-order valence-electron chi connectivity index (χ2n) is 3.66. The van der Waals surface area contributed by atoms with Crippen LogP contribution in [0.15, 0.2) is 36.9 Å². The lowest BCUT2D eigenvalue weighted by Gasteiger charge is -2.06. The van der Waals surface area contributed by atoms with E-state index in [1.54, 1.807) is 30.7 Å². The molecule has 4 nitrogen and oxygen atoms in total. The van der Waals surface area contributed by atoms with E-state index in [1.807, 2.05) is 6.92 Å². The van der Waals surface area contributed by atoms with E-state index in [4.69, 9.17) is 4.74 Å². The number of methoxy groups -OCH3 is 1. The smallest absolute Gasteiger partial charge is 0.198 e. The van der Waals surface area contributed by atoms with Gasteiger partial charge in [0.15, 0.2) is 5.78 Å². The number of rotatable bonds is 3. The highest BCUT2D eigenvalue weighted by molar-refractivity contribution is 6.10. The maximum atomic E-state index is 12.2. The van der Waals surface area contributed by atoms with Crippen LogP contribution in [0.5, 0.6) is 5.75 Å². The number of aryl methyl sites for hydroxylation is 1. The molecule has 0 unspecified atom stereocenters. The molecule has 0 bridgehead atoms. The van der Waals surface area contributed by atoms with E-state index < -0.39 is 0 Å². The molecule has 0 N–H and O–H groups in total. The number of carbonyl (C=O) groups excluding carboxylic acids is 1. The fourth-order valence-corrected chi connectivity index (χ4v) is 1.56. The number of ether oxygens (including phenoxy) is 1. The van der Waals surface area contributed by atoms with Crippen LogP contribution in [0, 0.1) is 6.92 Å². The number of aromatic nitrogens is 2. The van der Waals surface area contributed by atoms with Gasteiger partial charge in [-0.15, -0.1) is 0 Å². The highest BCUT2D eigenvalue weighted by atomic mass is 16.5. The number of nitrogens with zero attached hydrogens (tertiary/aromatic N) is 2. The number of ketones is 1. The van der Waals surface area contributed by atoms with Gasteiger partial charge in [0.25, 0.3) is 0 Å². The Kier molecular flexibility index (Phi) is 3.14. The van der Waals surface area contributed by atoms with Gasteiger partial charge in [-0.1, -0.05) is 0 Å². The second-order valence-corrected chi connectivity index (χ2v) is 3.66. The SMILES string of the molecule is COc1cnccc1C(=O)c1cncc(C)c1. The summed E-state index contributed by atoms with van der Waals surface area (Å²) in [6.45, 7) is 1.90. The molecule has 0 atom stereocenters. The van der Waals surface area contributed by atoms with Crippen molar-refractivity contribution in [2.45, 2.75) is 6.92 Å². The summed E-state index contributed by atoms with van der Waals surface area (Å²) in [5.74, 6) is 0.361. The van der Waals surface area contributed by atoms with E-state index in [9.17, 15) is 4.79 Å². The predicted octanol–water partition coefficient (Wildman–Crippen LogP) is 2.02. The first-order chi connectivity index (χ1) is 8.22. The Morgan fingerprint density at radius 2 is 2.06 bits per heavy atom. The Morgan fingerprint density at radius 3 is 2.76 bits per heavy atom. The van der Waals surface area contributed by atoms with Crippen LogP contribution in [0.2, 0.25) is 0 Å². The fourth-order valence-electron chi connectivity index (χ4n) is 1.56. The van der Waals surface area contributed by atoms with E-state index in [0.717, 1.165) is 5.56 Å². The molecule has 2 rings (SSSR count). The van der Waals surface area contributed by atoms with E-state index in [-0.39, 0.29) is 5.78 Å². The molecule has 0 aliphatic carbocycles. The molecular weight excluding hydrogens is 216 g/mol. The fraction of sp³-hybridized carbons (Fsp3) is 0.154. The van der Waals surface area contributed by atoms with Crippen LogP contribution in [0.25, 0.3) is 0 Å². The molecule has 2 heterocycles. The Hall–Kier alpha value is -2.23. The third kappa shape index (κ3) is 2.30. The summed E-state index contributed by atoms with van der Waals surface area (Å²) >= 11 is 0. The van der Waals surface area contributed by atoms with Crippen LogP contribution < -0.4 is 4.74 Å². The molecule has 0 saturated carbocycles. The van der Waals surface area contributed by atoms with Crippen molar-refractivity contribution in [2.75, 3.05) is 7.11 Å². The van der Waals surface area contributed by atoms with Gasteiger partial charge in [-0.2, -0.15) is 0 Å². The summed E-state index contributed by atoms with van der Waals surface area (Å²) < 4.78 is 5.11. The van der Waals surface area contributed by atoms with Crippen LogP contribution >= 0.6 is 0 Å². The summed E-state index contributed by atoms with van der Waals surface area (Å²) in [6, 6.07) is 3.44. The highest BCUT2D eigenvalue weighted by Crippen LogP contribution is 2.19. The molecule has 0 spiro atoms. The van der Waals surface area contributed by atoms with Gasteiger partial charge in [0, 0.05) is 24.2 Å². The molecule has 86 valence electrons. The lowest BCUT2D eigenvalue weighted by molar-refractivity contribution is 0.103. The zero-order valence-corrected chi connectivity index (χ0v) is 9.68. The summed E-state index contributed by atoms with van der Waals surface area (Å²) in [4.78, 5) is 20.2. The molecule has 0 aliphatic heterocycles. The zero-order valence-electron chi connectivity index (χ0n) is 9.68. The zero-order chi connectivity index (χ0) is 12.3. The minimum Gasteiger partial charge on any atom is -0.494 e. The molecular formula is C13H12N2O2. The predicted molar refractivity (Wildman–Crippen MR) is 63.2 cm³/mol. The average molecular weight is 228 g/mol. The summed E-state index contributed by atoms with van der Waals surface area (Å²) in [7, 11) is 1.52. The lowest BCUT2D eigenvalue weighted by Crippen LogP contribution is -2.05. The maximum Gasteiger partial charge on any atom is 0.198 e. The van der Waals surface area contributed by atoms with Crippen molar-refractivity contribution in [1.82, 2.24) is 9.97 Å². The van der Waals surface area contributed by atoms with Crippen molar-refractivity contribution in [1.29, 1.82) is 0 Å². The maximum absolute atomic E-state index is 12.2. The number of carbonyl (C=O) groups is 1. The second kappa shape index (κ2) is 4.74. The van der Waals surface area contributed by atoms with Crippen molar-refractivity contribution in [2.24, 2.45) is 0 Å². The Balaban J connectivity index is 2.44. The Labute approximate surface area is 99.3 Å². The quantitative estimate of drug-likeness (QED) is 0.754. The van der Waals surface area contributed by atoms with Crippen molar-refractivity contribution in [3.05, 3.63) is 53.6 Å². The first-order valence-electron chi connectivity index (χ1n) is 5.16. The van der Waals surface area contributed by atoms with Crippen molar-refractivity contribution >= 4 is 5.78 Å². The molecule has 0 aliphatic rings. The molecule has 17 heavy (non-hydrogen) atoms. The van der Waals surface area contributed by atoms with Gasteiger partial charge in [0.1, 0.15) is 5.75 Å². The first kappa shape index (κ1) is 11.3. The summed E-state index contributed by atoms with van der Waals surface area (Å²) in [6.07, 6.45) is 6.35. The summed E-state index contributed by atoms with van der Waals surface area (Å²) in [5.41, 5.74) is 1.99. The van der Waals surface area contributed by atoms with Gasteiger partial charge >= 0.3 is 0 Å². The highest BCUT2D eigenvalue weighted by Gasteiger charge is 2.14. The van der Waals surface area contributed by atoms with E-state index in [2.05, 4.69) is 9.97 Å².